The van der Waals surface area contributed by atoms with Crippen molar-refractivity contribution in [3.05, 3.63) is 35.6 Å². The number of nitrogens with zero attached hydrogens (tertiary/aromatic N) is 1. The van der Waals surface area contributed by atoms with Crippen LogP contribution in [0.5, 0.6) is 0 Å². The Bertz CT molecular complexity index is 446. The molecule has 0 unspecified atom stereocenters. The smallest absolute Gasteiger partial charge is 0.222 e. The van der Waals surface area contributed by atoms with Crippen molar-refractivity contribution in [3.8, 4) is 0 Å². The summed E-state index contributed by atoms with van der Waals surface area (Å²) < 4.78 is 13.1. The summed E-state index contributed by atoms with van der Waals surface area (Å²) in [6.45, 7) is 1.57. The fourth-order valence-corrected chi connectivity index (χ4v) is 2.40. The second-order valence-corrected chi connectivity index (χ2v) is 5.41. The van der Waals surface area contributed by atoms with Crippen LogP contribution in [0.25, 0.3) is 0 Å². The molecule has 1 aromatic rings. The molecule has 1 aromatic carbocycles. The number of carbonyl (C=O) groups excluding carboxylic acids is 1. The lowest BCUT2D eigenvalue weighted by Gasteiger charge is -2.22. The predicted octanol–water partition coefficient (Wildman–Crippen LogP) is 2.36. The SMILES string of the molecule is CNCCCC(=O)N(CCc1cccc(F)c1)C1CC1. The highest BCUT2D eigenvalue weighted by Gasteiger charge is 2.31. The van der Waals surface area contributed by atoms with Crippen LogP contribution >= 0.6 is 0 Å². The van der Waals surface area contributed by atoms with Crippen molar-refractivity contribution in [3.63, 3.8) is 0 Å². The lowest BCUT2D eigenvalue weighted by Crippen LogP contribution is -2.35. The van der Waals surface area contributed by atoms with Crippen LogP contribution in [0.4, 0.5) is 4.39 Å². The second-order valence-electron chi connectivity index (χ2n) is 5.41. The molecule has 20 heavy (non-hydrogen) atoms. The first-order valence-electron chi connectivity index (χ1n) is 7.39. The zero-order chi connectivity index (χ0) is 14.4. The van der Waals surface area contributed by atoms with Gasteiger partial charge in [-0.2, -0.15) is 0 Å². The Labute approximate surface area is 120 Å². The average Bonchev–Trinajstić information content (AvgIpc) is 3.24. The monoisotopic (exact) mass is 278 g/mol. The molecular formula is C16H23FN2O. The number of nitrogens with one attached hydrogen (secondary N) is 1. The standard InChI is InChI=1S/C16H23FN2O/c1-18-10-3-6-16(20)19(15-7-8-15)11-9-13-4-2-5-14(17)12-13/h2,4-5,12,15,18H,3,6-11H2,1H3. The third-order valence-corrected chi connectivity index (χ3v) is 3.66. The summed E-state index contributed by atoms with van der Waals surface area (Å²) in [6.07, 6.45) is 4.42. The highest BCUT2D eigenvalue weighted by Crippen LogP contribution is 2.27. The molecular weight excluding hydrogens is 255 g/mol. The van der Waals surface area contributed by atoms with Crippen molar-refractivity contribution in [2.45, 2.75) is 38.1 Å². The molecule has 4 heteroatoms. The summed E-state index contributed by atoms with van der Waals surface area (Å²) in [5.41, 5.74) is 0.957. The van der Waals surface area contributed by atoms with E-state index in [1.807, 2.05) is 18.0 Å². The van der Waals surface area contributed by atoms with E-state index in [2.05, 4.69) is 5.32 Å². The summed E-state index contributed by atoms with van der Waals surface area (Å²) >= 11 is 0. The van der Waals surface area contributed by atoms with Crippen molar-refractivity contribution < 1.29 is 9.18 Å². The number of rotatable bonds is 8. The van der Waals surface area contributed by atoms with Gasteiger partial charge in [0.05, 0.1) is 0 Å². The normalized spacial score (nSPS) is 14.3. The van der Waals surface area contributed by atoms with Gasteiger partial charge in [-0.1, -0.05) is 12.1 Å². The minimum atomic E-state index is -0.208. The molecule has 1 aliphatic carbocycles. The van der Waals surface area contributed by atoms with E-state index in [9.17, 15) is 9.18 Å². The first-order chi connectivity index (χ1) is 9.70. The van der Waals surface area contributed by atoms with Crippen LogP contribution in [0, 0.1) is 5.82 Å². The summed E-state index contributed by atoms with van der Waals surface area (Å²) in [6, 6.07) is 7.06. The molecule has 3 nitrogen and oxygen atoms in total. The highest BCUT2D eigenvalue weighted by molar-refractivity contribution is 5.76. The average molecular weight is 278 g/mol. The number of halogens is 1. The predicted molar refractivity (Wildman–Crippen MR) is 78.0 cm³/mol. The van der Waals surface area contributed by atoms with E-state index < -0.39 is 0 Å². The number of carbonyl (C=O) groups is 1. The van der Waals surface area contributed by atoms with E-state index in [-0.39, 0.29) is 11.7 Å². The molecule has 0 spiro atoms. The Balaban J connectivity index is 1.84. The van der Waals surface area contributed by atoms with E-state index in [1.165, 1.54) is 6.07 Å². The minimum Gasteiger partial charge on any atom is -0.339 e. The van der Waals surface area contributed by atoms with Crippen LogP contribution in [0.2, 0.25) is 0 Å². The van der Waals surface area contributed by atoms with Crippen molar-refractivity contribution >= 4 is 5.91 Å². The van der Waals surface area contributed by atoms with Crippen LogP contribution in [0.15, 0.2) is 24.3 Å². The molecule has 1 saturated carbocycles. The van der Waals surface area contributed by atoms with Gasteiger partial charge in [-0.15, -0.1) is 0 Å². The number of hydrogen-bond acceptors (Lipinski definition) is 2. The third-order valence-electron chi connectivity index (χ3n) is 3.66. The lowest BCUT2D eigenvalue weighted by molar-refractivity contribution is -0.131. The van der Waals surface area contributed by atoms with E-state index in [1.54, 1.807) is 12.1 Å². The van der Waals surface area contributed by atoms with Crippen molar-refractivity contribution in [2.75, 3.05) is 20.1 Å². The van der Waals surface area contributed by atoms with E-state index >= 15 is 0 Å². The fraction of sp³-hybridized carbons (Fsp3) is 0.562. The minimum absolute atomic E-state index is 0.208. The molecule has 2 rings (SSSR count). The molecule has 1 aliphatic rings. The molecule has 0 aromatic heterocycles. The van der Waals surface area contributed by atoms with Gasteiger partial charge in [0.1, 0.15) is 5.82 Å². The first-order valence-corrected chi connectivity index (χ1v) is 7.39. The zero-order valence-corrected chi connectivity index (χ0v) is 12.1. The van der Waals surface area contributed by atoms with Crippen molar-refractivity contribution in [1.82, 2.24) is 10.2 Å². The number of hydrogen-bond donors (Lipinski definition) is 1. The first kappa shape index (κ1) is 15.0. The van der Waals surface area contributed by atoms with Gasteiger partial charge in [-0.05, 0) is 57.0 Å². The van der Waals surface area contributed by atoms with Crippen molar-refractivity contribution in [2.24, 2.45) is 0 Å². The molecule has 1 amide bonds. The molecule has 0 saturated heterocycles. The van der Waals surface area contributed by atoms with Crippen molar-refractivity contribution in [1.29, 1.82) is 0 Å². The van der Waals surface area contributed by atoms with Crippen LogP contribution in [0.3, 0.4) is 0 Å². The maximum atomic E-state index is 13.1. The van der Waals surface area contributed by atoms with Gasteiger partial charge in [-0.25, -0.2) is 4.39 Å². The van der Waals surface area contributed by atoms with Gasteiger partial charge in [0.2, 0.25) is 5.91 Å². The zero-order valence-electron chi connectivity index (χ0n) is 12.1. The van der Waals surface area contributed by atoms with Gasteiger partial charge in [0, 0.05) is 19.0 Å². The van der Waals surface area contributed by atoms with Crippen LogP contribution in [0.1, 0.15) is 31.2 Å². The van der Waals surface area contributed by atoms with Crippen LogP contribution < -0.4 is 5.32 Å². The molecule has 0 bridgehead atoms. The molecule has 1 fully saturated rings. The van der Waals surface area contributed by atoms with Gasteiger partial charge in [-0.3, -0.25) is 4.79 Å². The topological polar surface area (TPSA) is 32.3 Å². The maximum Gasteiger partial charge on any atom is 0.222 e. The Morgan fingerprint density at radius 1 is 1.45 bits per heavy atom. The summed E-state index contributed by atoms with van der Waals surface area (Å²) in [7, 11) is 1.90. The molecule has 0 radical (unpaired) electrons. The van der Waals surface area contributed by atoms with Crippen LogP contribution in [-0.2, 0) is 11.2 Å². The summed E-state index contributed by atoms with van der Waals surface area (Å²) in [5, 5.41) is 3.06. The number of amides is 1. The Kier molecular flexibility index (Phi) is 5.53. The quantitative estimate of drug-likeness (QED) is 0.740. The highest BCUT2D eigenvalue weighted by atomic mass is 19.1. The van der Waals surface area contributed by atoms with E-state index in [0.29, 0.717) is 19.0 Å². The van der Waals surface area contributed by atoms with Gasteiger partial charge >= 0.3 is 0 Å². The molecule has 1 N–H and O–H groups in total. The molecule has 0 aliphatic heterocycles. The van der Waals surface area contributed by atoms with Gasteiger partial charge < -0.3 is 10.2 Å². The Hall–Kier alpha value is -1.42. The molecule has 110 valence electrons. The largest absolute Gasteiger partial charge is 0.339 e. The second kappa shape index (κ2) is 7.39. The Morgan fingerprint density at radius 2 is 2.25 bits per heavy atom. The molecule has 0 atom stereocenters. The Morgan fingerprint density at radius 3 is 2.90 bits per heavy atom. The van der Waals surface area contributed by atoms with Gasteiger partial charge in [0.15, 0.2) is 0 Å². The number of benzene rings is 1. The van der Waals surface area contributed by atoms with Crippen LogP contribution in [-0.4, -0.2) is 37.0 Å². The molecule has 0 heterocycles. The van der Waals surface area contributed by atoms with E-state index in [0.717, 1.165) is 37.8 Å². The van der Waals surface area contributed by atoms with E-state index in [4.69, 9.17) is 0 Å². The lowest BCUT2D eigenvalue weighted by atomic mass is 10.1. The third kappa shape index (κ3) is 4.60. The summed E-state index contributed by atoms with van der Waals surface area (Å²) in [4.78, 5) is 14.2. The van der Waals surface area contributed by atoms with Gasteiger partial charge in [0.25, 0.3) is 0 Å². The maximum absolute atomic E-state index is 13.1. The summed E-state index contributed by atoms with van der Waals surface area (Å²) in [5.74, 6) is 0.0278. The fourth-order valence-electron chi connectivity index (χ4n) is 2.40.